The van der Waals surface area contributed by atoms with Gasteiger partial charge in [-0.15, -0.1) is 0 Å². The average molecular weight is 253 g/mol. The van der Waals surface area contributed by atoms with Gasteiger partial charge in [-0.1, -0.05) is 0 Å². The maximum atomic E-state index is 10.9. The summed E-state index contributed by atoms with van der Waals surface area (Å²) < 4.78 is 0. The average Bonchev–Trinajstić information content (AvgIpc) is 2.81. The first-order valence-electron chi connectivity index (χ1n) is 5.80. The number of pyridine rings is 1. The molecule has 3 rings (SSSR count). The van der Waals surface area contributed by atoms with Crippen molar-refractivity contribution in [1.29, 1.82) is 0 Å². The minimum Gasteiger partial charge on any atom is -0.478 e. The summed E-state index contributed by atoms with van der Waals surface area (Å²) in [6.45, 7) is 1.91. The van der Waals surface area contributed by atoms with Gasteiger partial charge in [0.25, 0.3) is 0 Å². The molecular formula is C14H11N3O2. The Kier molecular flexibility index (Phi) is 2.52. The van der Waals surface area contributed by atoms with Gasteiger partial charge in [0.15, 0.2) is 0 Å². The molecule has 0 fully saturated rings. The quantitative estimate of drug-likeness (QED) is 0.735. The van der Waals surface area contributed by atoms with Gasteiger partial charge in [0.2, 0.25) is 0 Å². The van der Waals surface area contributed by atoms with Crippen molar-refractivity contribution in [3.05, 3.63) is 47.8 Å². The number of aromatic amines is 1. The second kappa shape index (κ2) is 4.20. The van der Waals surface area contributed by atoms with Crippen molar-refractivity contribution >= 4 is 17.0 Å². The van der Waals surface area contributed by atoms with E-state index in [1.54, 1.807) is 24.4 Å². The summed E-state index contributed by atoms with van der Waals surface area (Å²) in [7, 11) is 0. The molecule has 0 saturated carbocycles. The van der Waals surface area contributed by atoms with Gasteiger partial charge >= 0.3 is 5.97 Å². The molecule has 5 nitrogen and oxygen atoms in total. The first kappa shape index (κ1) is 11.4. The Labute approximate surface area is 109 Å². The third kappa shape index (κ3) is 1.95. The smallest absolute Gasteiger partial charge is 0.335 e. The summed E-state index contributed by atoms with van der Waals surface area (Å²) in [5.41, 5.74) is 3.47. The number of carboxylic acids is 1. The van der Waals surface area contributed by atoms with E-state index in [9.17, 15) is 4.79 Å². The maximum Gasteiger partial charge on any atom is 0.335 e. The van der Waals surface area contributed by atoms with Crippen LogP contribution in [-0.4, -0.2) is 26.0 Å². The van der Waals surface area contributed by atoms with Gasteiger partial charge in [-0.3, -0.25) is 4.98 Å². The molecule has 0 radical (unpaired) electrons. The molecule has 0 saturated heterocycles. The lowest BCUT2D eigenvalue weighted by molar-refractivity contribution is 0.0697. The van der Waals surface area contributed by atoms with Crippen molar-refractivity contribution in [2.45, 2.75) is 6.92 Å². The number of benzene rings is 1. The topological polar surface area (TPSA) is 78.9 Å². The summed E-state index contributed by atoms with van der Waals surface area (Å²) in [5, 5.41) is 8.97. The number of hydrogen-bond acceptors (Lipinski definition) is 3. The number of imidazole rings is 1. The van der Waals surface area contributed by atoms with Gasteiger partial charge in [0.05, 0.1) is 16.6 Å². The zero-order valence-corrected chi connectivity index (χ0v) is 10.2. The molecule has 0 aliphatic heterocycles. The van der Waals surface area contributed by atoms with Crippen LogP contribution in [0.5, 0.6) is 0 Å². The van der Waals surface area contributed by atoms with E-state index < -0.39 is 5.97 Å². The van der Waals surface area contributed by atoms with Crippen LogP contribution in [0.25, 0.3) is 22.4 Å². The van der Waals surface area contributed by atoms with Crippen molar-refractivity contribution < 1.29 is 9.90 Å². The fourth-order valence-electron chi connectivity index (χ4n) is 2.00. The van der Waals surface area contributed by atoms with Crippen molar-refractivity contribution in [3.8, 4) is 11.4 Å². The second-order valence-corrected chi connectivity index (χ2v) is 4.26. The number of rotatable bonds is 2. The summed E-state index contributed by atoms with van der Waals surface area (Å²) >= 11 is 0. The normalized spacial score (nSPS) is 10.8. The zero-order valence-electron chi connectivity index (χ0n) is 10.2. The minimum absolute atomic E-state index is 0.241. The van der Waals surface area contributed by atoms with Gasteiger partial charge in [-0.05, 0) is 37.3 Å². The highest BCUT2D eigenvalue weighted by atomic mass is 16.4. The minimum atomic E-state index is -0.949. The molecule has 0 unspecified atom stereocenters. The summed E-state index contributed by atoms with van der Waals surface area (Å²) in [6, 6.07) is 8.60. The van der Waals surface area contributed by atoms with Crippen LogP contribution in [0.3, 0.4) is 0 Å². The van der Waals surface area contributed by atoms with E-state index in [1.807, 2.05) is 19.1 Å². The third-order valence-corrected chi connectivity index (χ3v) is 2.99. The molecule has 2 N–H and O–H groups in total. The molecule has 3 aromatic rings. The number of carboxylic acid groups (broad SMARTS) is 1. The number of aromatic nitrogens is 3. The van der Waals surface area contributed by atoms with Crippen LogP contribution < -0.4 is 0 Å². The third-order valence-electron chi connectivity index (χ3n) is 2.99. The Morgan fingerprint density at radius 2 is 2.16 bits per heavy atom. The highest BCUT2D eigenvalue weighted by Crippen LogP contribution is 2.22. The van der Waals surface area contributed by atoms with E-state index >= 15 is 0 Å². The molecule has 2 aromatic heterocycles. The number of nitrogens with one attached hydrogen (secondary N) is 1. The number of aromatic carboxylic acids is 1. The molecule has 0 atom stereocenters. The van der Waals surface area contributed by atoms with Gasteiger partial charge in [-0.25, -0.2) is 9.78 Å². The van der Waals surface area contributed by atoms with E-state index in [4.69, 9.17) is 5.11 Å². The van der Waals surface area contributed by atoms with Gasteiger partial charge in [0, 0.05) is 17.5 Å². The first-order chi connectivity index (χ1) is 9.15. The monoisotopic (exact) mass is 253 g/mol. The van der Waals surface area contributed by atoms with E-state index in [-0.39, 0.29) is 5.56 Å². The first-order valence-corrected chi connectivity index (χ1v) is 5.80. The van der Waals surface area contributed by atoms with Crippen molar-refractivity contribution in [2.75, 3.05) is 0 Å². The highest BCUT2D eigenvalue weighted by molar-refractivity contribution is 5.93. The van der Waals surface area contributed by atoms with Crippen LogP contribution in [0.2, 0.25) is 0 Å². The predicted molar refractivity (Wildman–Crippen MR) is 71.0 cm³/mol. The van der Waals surface area contributed by atoms with Gasteiger partial charge < -0.3 is 10.1 Å². The molecule has 0 aliphatic carbocycles. The fraction of sp³-hybridized carbons (Fsp3) is 0.0714. The van der Waals surface area contributed by atoms with Crippen LogP contribution in [-0.2, 0) is 0 Å². The summed E-state index contributed by atoms with van der Waals surface area (Å²) in [5.74, 6) is -0.251. The summed E-state index contributed by atoms with van der Waals surface area (Å²) in [4.78, 5) is 22.7. The molecule has 0 aliphatic rings. The number of H-pyrrole nitrogens is 1. The molecule has 0 amide bonds. The Morgan fingerprint density at radius 1 is 1.32 bits per heavy atom. The maximum absolute atomic E-state index is 10.9. The van der Waals surface area contributed by atoms with Gasteiger partial charge in [0.1, 0.15) is 5.82 Å². The molecular weight excluding hydrogens is 242 g/mol. The second-order valence-electron chi connectivity index (χ2n) is 4.26. The zero-order chi connectivity index (χ0) is 13.4. The van der Waals surface area contributed by atoms with E-state index in [0.29, 0.717) is 11.3 Å². The Hall–Kier alpha value is -2.69. The van der Waals surface area contributed by atoms with Crippen molar-refractivity contribution in [3.63, 3.8) is 0 Å². The highest BCUT2D eigenvalue weighted by Gasteiger charge is 2.10. The number of aryl methyl sites for hydroxylation is 1. The lowest BCUT2D eigenvalue weighted by Crippen LogP contribution is -1.94. The lowest BCUT2D eigenvalue weighted by atomic mass is 10.2. The SMILES string of the molecule is Cc1ncccc1-c1nc2ccc(C(=O)O)cc2[nH]1. The lowest BCUT2D eigenvalue weighted by Gasteiger charge is -1.99. The number of fused-ring (bicyclic) bond motifs is 1. The Morgan fingerprint density at radius 3 is 2.89 bits per heavy atom. The van der Waals surface area contributed by atoms with Crippen LogP contribution in [0, 0.1) is 6.92 Å². The molecule has 94 valence electrons. The Bertz CT molecular complexity index is 777. The molecule has 2 heterocycles. The summed E-state index contributed by atoms with van der Waals surface area (Å²) in [6.07, 6.45) is 1.73. The fourth-order valence-corrected chi connectivity index (χ4v) is 2.00. The van der Waals surface area contributed by atoms with Crippen LogP contribution in [0.1, 0.15) is 16.1 Å². The Balaban J connectivity index is 2.17. The molecule has 0 spiro atoms. The van der Waals surface area contributed by atoms with E-state index in [0.717, 1.165) is 16.8 Å². The molecule has 5 heteroatoms. The van der Waals surface area contributed by atoms with E-state index in [2.05, 4.69) is 15.0 Å². The van der Waals surface area contributed by atoms with Crippen LogP contribution in [0.4, 0.5) is 0 Å². The number of carbonyl (C=O) groups is 1. The predicted octanol–water partition coefficient (Wildman–Crippen LogP) is 2.63. The van der Waals surface area contributed by atoms with Gasteiger partial charge in [-0.2, -0.15) is 0 Å². The van der Waals surface area contributed by atoms with Crippen molar-refractivity contribution in [1.82, 2.24) is 15.0 Å². The standard InChI is InChI=1S/C14H11N3O2/c1-8-10(3-2-6-15-8)13-16-11-5-4-9(14(18)19)7-12(11)17-13/h2-7H,1H3,(H,16,17)(H,18,19). The number of nitrogens with zero attached hydrogens (tertiary/aromatic N) is 2. The van der Waals surface area contributed by atoms with E-state index in [1.165, 1.54) is 0 Å². The van der Waals surface area contributed by atoms with Crippen LogP contribution >= 0.6 is 0 Å². The molecule has 0 bridgehead atoms. The molecule has 19 heavy (non-hydrogen) atoms. The van der Waals surface area contributed by atoms with Crippen molar-refractivity contribution in [2.24, 2.45) is 0 Å². The molecule has 1 aromatic carbocycles. The largest absolute Gasteiger partial charge is 0.478 e. The van der Waals surface area contributed by atoms with Crippen LogP contribution in [0.15, 0.2) is 36.5 Å². The number of hydrogen-bond donors (Lipinski definition) is 2.